The fraction of sp³-hybridized carbons (Fsp3) is 0.178. The van der Waals surface area contributed by atoms with E-state index in [0.29, 0.717) is 5.92 Å². The molecule has 1 aliphatic heterocycles. The molecule has 0 radical (unpaired) electrons. The number of rotatable bonds is 4. The van der Waals surface area contributed by atoms with Crippen molar-refractivity contribution in [1.82, 2.24) is 10.2 Å². The van der Waals surface area contributed by atoms with Crippen molar-refractivity contribution in [3.05, 3.63) is 171 Å². The van der Waals surface area contributed by atoms with Crippen LogP contribution in [-0.2, 0) is 6.42 Å². The van der Waals surface area contributed by atoms with Gasteiger partial charge in [-0.1, -0.05) is 140 Å². The van der Waals surface area contributed by atoms with E-state index in [9.17, 15) is 0 Å². The van der Waals surface area contributed by atoms with Crippen LogP contribution in [0.4, 0.5) is 0 Å². The molecule has 1 heterocycles. The Balaban J connectivity index is 1.19. The van der Waals surface area contributed by atoms with Gasteiger partial charge in [-0.15, -0.1) is 0 Å². The van der Waals surface area contributed by atoms with Crippen molar-refractivity contribution >= 4 is 45.6 Å². The average Bonchev–Trinajstić information content (AvgIpc) is 3.14. The Hall–Kier alpha value is -5.25. The van der Waals surface area contributed by atoms with Crippen molar-refractivity contribution in [2.75, 3.05) is 7.05 Å². The van der Waals surface area contributed by atoms with Crippen molar-refractivity contribution < 1.29 is 0 Å². The predicted octanol–water partition coefficient (Wildman–Crippen LogP) is 8.63. The van der Waals surface area contributed by atoms with Gasteiger partial charge in [0.1, 0.15) is 18.2 Å². The lowest BCUT2D eigenvalue weighted by molar-refractivity contribution is 0.152. The molecule has 234 valence electrons. The maximum Gasteiger partial charge on any atom is 0.132 e. The van der Waals surface area contributed by atoms with Gasteiger partial charge in [-0.2, -0.15) is 0 Å². The van der Waals surface area contributed by atoms with Crippen molar-refractivity contribution in [2.24, 2.45) is 10.9 Å². The van der Waals surface area contributed by atoms with E-state index in [4.69, 9.17) is 4.99 Å². The molecule has 6 aromatic carbocycles. The summed E-state index contributed by atoms with van der Waals surface area (Å²) in [6, 6.07) is 44.3. The summed E-state index contributed by atoms with van der Waals surface area (Å²) >= 11 is 0. The molecule has 0 amide bonds. The molecule has 1 N–H and O–H groups in total. The van der Waals surface area contributed by atoms with Crippen LogP contribution in [0, 0.1) is 5.92 Å². The fourth-order valence-corrected chi connectivity index (χ4v) is 8.21. The number of aliphatic imine (C=N–C) groups is 1. The van der Waals surface area contributed by atoms with Crippen LogP contribution in [0.2, 0.25) is 0 Å². The Morgan fingerprint density at radius 2 is 1.52 bits per heavy atom. The first-order valence-corrected chi connectivity index (χ1v) is 17.3. The first-order chi connectivity index (χ1) is 23.6. The number of nitrogens with zero attached hydrogens (tertiary/aromatic N) is 2. The second-order valence-electron chi connectivity index (χ2n) is 13.6. The summed E-state index contributed by atoms with van der Waals surface area (Å²) in [4.78, 5) is 7.69. The molecule has 0 saturated carbocycles. The van der Waals surface area contributed by atoms with Gasteiger partial charge in [0, 0.05) is 11.5 Å². The molecule has 2 aliphatic carbocycles. The van der Waals surface area contributed by atoms with Gasteiger partial charge < -0.3 is 5.32 Å². The summed E-state index contributed by atoms with van der Waals surface area (Å²) in [5.74, 6) is 1.55. The molecule has 0 bridgehead atoms. The van der Waals surface area contributed by atoms with Crippen LogP contribution in [0.15, 0.2) is 132 Å². The van der Waals surface area contributed by atoms with Gasteiger partial charge in [-0.25, -0.2) is 4.99 Å². The number of nitrogens with one attached hydrogen (secondary N) is 1. The maximum atomic E-state index is 5.34. The lowest BCUT2D eigenvalue weighted by atomic mass is 9.78. The van der Waals surface area contributed by atoms with Gasteiger partial charge >= 0.3 is 0 Å². The maximum absolute atomic E-state index is 5.34. The molecule has 3 heteroatoms. The summed E-state index contributed by atoms with van der Waals surface area (Å²) < 4.78 is 0. The van der Waals surface area contributed by atoms with E-state index in [1.54, 1.807) is 0 Å². The molecule has 9 rings (SSSR count). The molecular formula is C45H39N3. The zero-order valence-electron chi connectivity index (χ0n) is 27.5. The highest BCUT2D eigenvalue weighted by molar-refractivity contribution is 6.13. The predicted molar refractivity (Wildman–Crippen MR) is 201 cm³/mol. The van der Waals surface area contributed by atoms with Crippen molar-refractivity contribution in [2.45, 2.75) is 38.0 Å². The number of allylic oxidation sites excluding steroid dienone is 1. The third-order valence-corrected chi connectivity index (χ3v) is 10.7. The van der Waals surface area contributed by atoms with Crippen LogP contribution >= 0.6 is 0 Å². The van der Waals surface area contributed by atoms with Gasteiger partial charge in [0.15, 0.2) is 0 Å². The summed E-state index contributed by atoms with van der Waals surface area (Å²) in [7, 11) is 2.18. The molecule has 0 spiro atoms. The topological polar surface area (TPSA) is 27.6 Å². The largest absolute Gasteiger partial charge is 0.350 e. The van der Waals surface area contributed by atoms with E-state index in [2.05, 4.69) is 170 Å². The molecule has 0 fully saturated rings. The highest BCUT2D eigenvalue weighted by Gasteiger charge is 2.31. The van der Waals surface area contributed by atoms with Crippen molar-refractivity contribution in [3.63, 3.8) is 0 Å². The lowest BCUT2D eigenvalue weighted by Gasteiger charge is -2.39. The number of hydrogen-bond donors (Lipinski definition) is 1. The van der Waals surface area contributed by atoms with E-state index >= 15 is 0 Å². The molecule has 3 aliphatic rings. The molecule has 3 nitrogen and oxygen atoms in total. The van der Waals surface area contributed by atoms with Gasteiger partial charge in [-0.05, 0) is 97.7 Å². The number of fused-ring (bicyclic) bond motifs is 6. The van der Waals surface area contributed by atoms with E-state index in [-0.39, 0.29) is 18.2 Å². The first-order valence-electron chi connectivity index (χ1n) is 17.3. The summed E-state index contributed by atoms with van der Waals surface area (Å²) in [6.45, 7) is 2.37. The zero-order chi connectivity index (χ0) is 32.2. The monoisotopic (exact) mass is 621 g/mol. The van der Waals surface area contributed by atoms with Crippen molar-refractivity contribution in [1.29, 1.82) is 0 Å². The zero-order valence-corrected chi connectivity index (χ0v) is 27.5. The Morgan fingerprint density at radius 1 is 0.729 bits per heavy atom. The van der Waals surface area contributed by atoms with Gasteiger partial charge in [0.25, 0.3) is 0 Å². The molecule has 48 heavy (non-hydrogen) atoms. The van der Waals surface area contributed by atoms with Gasteiger partial charge in [0.05, 0.1) is 0 Å². The smallest absolute Gasteiger partial charge is 0.132 e. The SMILES string of the molecule is CC1C=c2ccc(C3N=C(c4ccccc4)NC(c4ccccc4)N3C)cc2=CC1c1cc2ccccc2c2c3c(ccc12)CCC=C3. The van der Waals surface area contributed by atoms with Gasteiger partial charge in [-0.3, -0.25) is 4.90 Å². The Morgan fingerprint density at radius 3 is 2.38 bits per heavy atom. The van der Waals surface area contributed by atoms with E-state index in [0.717, 1.165) is 24.2 Å². The van der Waals surface area contributed by atoms with E-state index in [1.807, 2.05) is 0 Å². The average molecular weight is 622 g/mol. The second kappa shape index (κ2) is 11.8. The lowest BCUT2D eigenvalue weighted by Crippen LogP contribution is -2.46. The number of amidine groups is 1. The van der Waals surface area contributed by atoms with E-state index in [1.165, 1.54) is 59.8 Å². The molecular weight excluding hydrogens is 583 g/mol. The summed E-state index contributed by atoms with van der Waals surface area (Å²) in [6.07, 6.45) is 11.8. The third kappa shape index (κ3) is 4.89. The minimum atomic E-state index is -0.136. The van der Waals surface area contributed by atoms with Crippen LogP contribution in [-0.4, -0.2) is 17.8 Å². The fourth-order valence-electron chi connectivity index (χ4n) is 8.21. The van der Waals surface area contributed by atoms with E-state index < -0.39 is 0 Å². The van der Waals surface area contributed by atoms with Crippen LogP contribution in [0.3, 0.4) is 0 Å². The number of hydrogen-bond acceptors (Lipinski definition) is 3. The Labute approximate surface area is 282 Å². The molecule has 4 atom stereocenters. The molecule has 6 aromatic rings. The quantitative estimate of drug-likeness (QED) is 0.200. The first kappa shape index (κ1) is 28.9. The highest BCUT2D eigenvalue weighted by atomic mass is 15.4. The minimum absolute atomic E-state index is 0.00723. The summed E-state index contributed by atoms with van der Waals surface area (Å²) in [5, 5.41) is 11.8. The third-order valence-electron chi connectivity index (χ3n) is 10.7. The van der Waals surface area contributed by atoms with Crippen LogP contribution in [0.25, 0.3) is 39.8 Å². The van der Waals surface area contributed by atoms with Crippen molar-refractivity contribution in [3.8, 4) is 0 Å². The Bertz CT molecular complexity index is 2370. The van der Waals surface area contributed by atoms with Crippen LogP contribution < -0.4 is 15.8 Å². The summed E-state index contributed by atoms with van der Waals surface area (Å²) in [5.41, 5.74) is 7.81. The second-order valence-corrected chi connectivity index (χ2v) is 13.6. The standard InChI is InChI=1S/C45H39N3/c1-29-25-33-21-22-35(45-47-43(31-14-5-3-6-15-31)46-44(48(45)2)32-16-7-4-8-17-32)26-36(33)28-40(29)41-27-34-18-10-12-20-38(34)42-37-19-11-9-13-30(37)23-24-39(41)42/h3-8,10-12,14-29,40,44-45H,9,13H2,1-2H3,(H,46,47). The Kier molecular flexibility index (Phi) is 7.09. The molecule has 4 unspecified atom stereocenters. The van der Waals surface area contributed by atoms with Crippen LogP contribution in [0.1, 0.15) is 65.0 Å². The minimum Gasteiger partial charge on any atom is -0.350 e. The number of benzene rings is 6. The van der Waals surface area contributed by atoms with Gasteiger partial charge in [0.2, 0.25) is 0 Å². The van der Waals surface area contributed by atoms with Crippen LogP contribution in [0.5, 0.6) is 0 Å². The number of aryl methyl sites for hydroxylation is 1. The highest BCUT2D eigenvalue weighted by Crippen LogP contribution is 2.41. The molecule has 0 aromatic heterocycles. The normalized spacial score (nSPS) is 21.8. The molecule has 0 saturated heterocycles.